The number of ether oxygens (including phenoxy) is 3. The third kappa shape index (κ3) is 3.56. The van der Waals surface area contributed by atoms with Crippen LogP contribution in [0.3, 0.4) is 0 Å². The highest BCUT2D eigenvalue weighted by Gasteiger charge is 2.38. The third-order valence-corrected chi connectivity index (χ3v) is 4.71. The summed E-state index contributed by atoms with van der Waals surface area (Å²) in [7, 11) is 3.12. The molecule has 2 unspecified atom stereocenters. The van der Waals surface area contributed by atoms with Gasteiger partial charge in [-0.1, -0.05) is 0 Å². The Labute approximate surface area is 147 Å². The SMILES string of the molecule is COc1ccc(N2CC(C(=O)N3CCOC(C)C3)CC2=O)cc1OC. The number of carbonyl (C=O) groups is 2. The number of nitrogens with zero attached hydrogens (tertiary/aromatic N) is 2. The van der Waals surface area contributed by atoms with Gasteiger partial charge < -0.3 is 24.0 Å². The first-order chi connectivity index (χ1) is 12.0. The van der Waals surface area contributed by atoms with E-state index in [1.165, 1.54) is 0 Å². The molecule has 0 aliphatic carbocycles. The number of methoxy groups -OCH3 is 2. The Balaban J connectivity index is 1.73. The average Bonchev–Trinajstić information content (AvgIpc) is 3.02. The van der Waals surface area contributed by atoms with Crippen LogP contribution in [0.15, 0.2) is 18.2 Å². The lowest BCUT2D eigenvalue weighted by molar-refractivity contribution is -0.142. The fourth-order valence-electron chi connectivity index (χ4n) is 3.39. The zero-order chi connectivity index (χ0) is 18.0. The van der Waals surface area contributed by atoms with Gasteiger partial charge in [-0.2, -0.15) is 0 Å². The molecule has 0 radical (unpaired) electrons. The second kappa shape index (κ2) is 7.31. The second-order valence-corrected chi connectivity index (χ2v) is 6.41. The zero-order valence-electron chi connectivity index (χ0n) is 14.9. The smallest absolute Gasteiger partial charge is 0.228 e. The molecule has 2 aliphatic rings. The number of hydrogen-bond donors (Lipinski definition) is 0. The van der Waals surface area contributed by atoms with Gasteiger partial charge in [0.25, 0.3) is 0 Å². The van der Waals surface area contributed by atoms with E-state index in [-0.39, 0.29) is 30.3 Å². The molecule has 2 aliphatic heterocycles. The predicted octanol–water partition coefficient (Wildman–Crippen LogP) is 1.30. The van der Waals surface area contributed by atoms with Crippen LogP contribution < -0.4 is 14.4 Å². The predicted molar refractivity (Wildman–Crippen MR) is 92.0 cm³/mol. The molecular formula is C18H24N2O5. The molecule has 2 saturated heterocycles. The largest absolute Gasteiger partial charge is 0.493 e. The summed E-state index contributed by atoms with van der Waals surface area (Å²) in [6.45, 7) is 4.06. The van der Waals surface area contributed by atoms with Gasteiger partial charge in [0.15, 0.2) is 11.5 Å². The highest BCUT2D eigenvalue weighted by molar-refractivity contribution is 6.00. The van der Waals surface area contributed by atoms with Gasteiger partial charge in [0, 0.05) is 37.8 Å². The van der Waals surface area contributed by atoms with Crippen molar-refractivity contribution in [3.63, 3.8) is 0 Å². The molecule has 0 aromatic heterocycles. The maximum atomic E-state index is 12.7. The van der Waals surface area contributed by atoms with E-state index in [2.05, 4.69) is 0 Å². The highest BCUT2D eigenvalue weighted by atomic mass is 16.5. The first-order valence-electron chi connectivity index (χ1n) is 8.46. The number of amides is 2. The molecule has 7 heteroatoms. The lowest BCUT2D eigenvalue weighted by Gasteiger charge is -2.32. The minimum Gasteiger partial charge on any atom is -0.493 e. The standard InChI is InChI=1S/C18H24N2O5/c1-12-10-19(6-7-25-12)18(22)13-8-17(21)20(11-13)14-4-5-15(23-2)16(9-14)24-3/h4-5,9,12-13H,6-8,10-11H2,1-3H3. The molecule has 3 rings (SSSR count). The maximum absolute atomic E-state index is 12.7. The molecule has 2 amide bonds. The summed E-state index contributed by atoms with van der Waals surface area (Å²) in [6.07, 6.45) is 0.274. The van der Waals surface area contributed by atoms with E-state index in [1.807, 2.05) is 17.9 Å². The zero-order valence-corrected chi connectivity index (χ0v) is 14.9. The van der Waals surface area contributed by atoms with Gasteiger partial charge >= 0.3 is 0 Å². The van der Waals surface area contributed by atoms with Gasteiger partial charge in [-0.25, -0.2) is 0 Å². The van der Waals surface area contributed by atoms with E-state index in [4.69, 9.17) is 14.2 Å². The van der Waals surface area contributed by atoms with Crippen molar-refractivity contribution in [1.82, 2.24) is 4.90 Å². The van der Waals surface area contributed by atoms with Crippen molar-refractivity contribution in [3.05, 3.63) is 18.2 Å². The molecule has 1 aromatic carbocycles. The van der Waals surface area contributed by atoms with Gasteiger partial charge in [0.2, 0.25) is 11.8 Å². The van der Waals surface area contributed by atoms with Crippen LogP contribution in [-0.2, 0) is 14.3 Å². The molecule has 0 bridgehead atoms. The number of morpholine rings is 1. The van der Waals surface area contributed by atoms with Crippen molar-refractivity contribution in [1.29, 1.82) is 0 Å². The summed E-state index contributed by atoms with van der Waals surface area (Å²) in [5, 5.41) is 0. The van der Waals surface area contributed by atoms with E-state index in [1.54, 1.807) is 31.3 Å². The first-order valence-corrected chi connectivity index (χ1v) is 8.46. The highest BCUT2D eigenvalue weighted by Crippen LogP contribution is 2.34. The van der Waals surface area contributed by atoms with E-state index in [9.17, 15) is 9.59 Å². The van der Waals surface area contributed by atoms with E-state index >= 15 is 0 Å². The van der Waals surface area contributed by atoms with E-state index in [0.717, 1.165) is 0 Å². The number of benzene rings is 1. The van der Waals surface area contributed by atoms with Crippen LogP contribution in [0.25, 0.3) is 0 Å². The number of rotatable bonds is 4. The van der Waals surface area contributed by atoms with Crippen LogP contribution in [0.2, 0.25) is 0 Å². The fraction of sp³-hybridized carbons (Fsp3) is 0.556. The van der Waals surface area contributed by atoms with Crippen molar-refractivity contribution in [2.24, 2.45) is 5.92 Å². The Bertz CT molecular complexity index is 663. The van der Waals surface area contributed by atoms with Crippen LogP contribution in [-0.4, -0.2) is 63.3 Å². The molecule has 2 atom stereocenters. The normalized spacial score (nSPS) is 23.7. The van der Waals surface area contributed by atoms with Crippen LogP contribution in [0.5, 0.6) is 11.5 Å². The Morgan fingerprint density at radius 2 is 1.96 bits per heavy atom. The van der Waals surface area contributed by atoms with Crippen molar-refractivity contribution in [2.75, 3.05) is 45.4 Å². The van der Waals surface area contributed by atoms with Crippen molar-refractivity contribution >= 4 is 17.5 Å². The first kappa shape index (κ1) is 17.5. The molecule has 136 valence electrons. The maximum Gasteiger partial charge on any atom is 0.228 e. The van der Waals surface area contributed by atoms with Crippen LogP contribution in [0.1, 0.15) is 13.3 Å². The summed E-state index contributed by atoms with van der Waals surface area (Å²) in [6, 6.07) is 5.34. The quantitative estimate of drug-likeness (QED) is 0.820. The Hall–Kier alpha value is -2.28. The minimum atomic E-state index is -0.314. The monoisotopic (exact) mass is 348 g/mol. The molecular weight excluding hydrogens is 324 g/mol. The molecule has 2 heterocycles. The van der Waals surface area contributed by atoms with Crippen molar-refractivity contribution in [3.8, 4) is 11.5 Å². The summed E-state index contributed by atoms with van der Waals surface area (Å²) in [5.41, 5.74) is 0.716. The molecule has 1 aromatic rings. The molecule has 25 heavy (non-hydrogen) atoms. The van der Waals surface area contributed by atoms with Gasteiger partial charge in [-0.3, -0.25) is 9.59 Å². The lowest BCUT2D eigenvalue weighted by Crippen LogP contribution is -2.47. The Kier molecular flexibility index (Phi) is 5.13. The van der Waals surface area contributed by atoms with Gasteiger partial charge in [0.05, 0.1) is 32.8 Å². The van der Waals surface area contributed by atoms with Gasteiger partial charge in [0.1, 0.15) is 0 Å². The summed E-state index contributed by atoms with van der Waals surface area (Å²) in [5.74, 6) is 0.835. The average molecular weight is 348 g/mol. The van der Waals surface area contributed by atoms with Gasteiger partial charge in [-0.15, -0.1) is 0 Å². The fourth-order valence-corrected chi connectivity index (χ4v) is 3.39. The van der Waals surface area contributed by atoms with Crippen LogP contribution in [0, 0.1) is 5.92 Å². The molecule has 2 fully saturated rings. The Morgan fingerprint density at radius 3 is 2.64 bits per heavy atom. The Morgan fingerprint density at radius 1 is 1.20 bits per heavy atom. The van der Waals surface area contributed by atoms with Crippen molar-refractivity contribution in [2.45, 2.75) is 19.4 Å². The van der Waals surface area contributed by atoms with Gasteiger partial charge in [-0.05, 0) is 19.1 Å². The number of hydrogen-bond acceptors (Lipinski definition) is 5. The van der Waals surface area contributed by atoms with Crippen LogP contribution >= 0.6 is 0 Å². The molecule has 0 N–H and O–H groups in total. The lowest BCUT2D eigenvalue weighted by atomic mass is 10.1. The summed E-state index contributed by atoms with van der Waals surface area (Å²) < 4.78 is 16.0. The molecule has 0 saturated carbocycles. The van der Waals surface area contributed by atoms with E-state index in [0.29, 0.717) is 43.4 Å². The second-order valence-electron chi connectivity index (χ2n) is 6.41. The molecule has 0 spiro atoms. The summed E-state index contributed by atoms with van der Waals surface area (Å²) in [4.78, 5) is 28.6. The van der Waals surface area contributed by atoms with E-state index < -0.39 is 0 Å². The topological polar surface area (TPSA) is 68.3 Å². The minimum absolute atomic E-state index is 0.0338. The third-order valence-electron chi connectivity index (χ3n) is 4.71. The van der Waals surface area contributed by atoms with Crippen LogP contribution in [0.4, 0.5) is 5.69 Å². The number of carbonyl (C=O) groups excluding carboxylic acids is 2. The molecule has 7 nitrogen and oxygen atoms in total. The van der Waals surface area contributed by atoms with Crippen molar-refractivity contribution < 1.29 is 23.8 Å². The summed E-state index contributed by atoms with van der Waals surface area (Å²) >= 11 is 0. The number of anilines is 1.